The summed E-state index contributed by atoms with van der Waals surface area (Å²) in [4.78, 5) is 0. The van der Waals surface area contributed by atoms with Crippen LogP contribution in [-0.2, 0) is 0 Å². The molecule has 0 aliphatic heterocycles. The van der Waals surface area contributed by atoms with Gasteiger partial charge >= 0.3 is 0 Å². The van der Waals surface area contributed by atoms with Crippen LogP contribution in [-0.4, -0.2) is 7.11 Å². The van der Waals surface area contributed by atoms with Crippen molar-refractivity contribution in [2.24, 2.45) is 5.73 Å². The smallest absolute Gasteiger partial charge is 0.131 e. The van der Waals surface area contributed by atoms with E-state index in [1.807, 2.05) is 19.9 Å². The number of halogens is 3. The van der Waals surface area contributed by atoms with E-state index >= 15 is 0 Å². The van der Waals surface area contributed by atoms with Gasteiger partial charge in [-0.3, -0.25) is 0 Å². The molecule has 112 valence electrons. The van der Waals surface area contributed by atoms with Crippen LogP contribution in [0.5, 0.6) is 5.75 Å². The van der Waals surface area contributed by atoms with Crippen molar-refractivity contribution in [1.82, 2.24) is 0 Å². The maximum absolute atomic E-state index is 14.0. The maximum atomic E-state index is 14.0. The molecule has 0 aliphatic carbocycles. The van der Waals surface area contributed by atoms with E-state index in [1.165, 1.54) is 25.3 Å². The molecule has 0 aromatic heterocycles. The molecule has 2 nitrogen and oxygen atoms in total. The van der Waals surface area contributed by atoms with E-state index < -0.39 is 17.7 Å². The lowest BCUT2D eigenvalue weighted by atomic mass is 9.92. The molecule has 5 heteroatoms. The Kier molecular flexibility index (Phi) is 4.64. The molecule has 2 N–H and O–H groups in total. The van der Waals surface area contributed by atoms with Crippen molar-refractivity contribution in [1.29, 1.82) is 0 Å². The highest BCUT2D eigenvalue weighted by atomic mass is 79.9. The van der Waals surface area contributed by atoms with E-state index in [0.29, 0.717) is 11.3 Å². The van der Waals surface area contributed by atoms with Gasteiger partial charge in [0.15, 0.2) is 0 Å². The van der Waals surface area contributed by atoms with E-state index in [-0.39, 0.29) is 5.56 Å². The van der Waals surface area contributed by atoms with Crippen LogP contribution in [0.25, 0.3) is 0 Å². The van der Waals surface area contributed by atoms with E-state index in [4.69, 9.17) is 10.5 Å². The second-order valence-corrected chi connectivity index (χ2v) is 5.71. The first-order valence-corrected chi connectivity index (χ1v) is 7.20. The first-order chi connectivity index (χ1) is 9.88. The summed E-state index contributed by atoms with van der Waals surface area (Å²) in [7, 11) is 1.52. The van der Waals surface area contributed by atoms with Gasteiger partial charge in [0.2, 0.25) is 0 Å². The van der Waals surface area contributed by atoms with Crippen LogP contribution in [0, 0.1) is 25.5 Å². The van der Waals surface area contributed by atoms with Gasteiger partial charge < -0.3 is 10.5 Å². The molecular weight excluding hydrogens is 340 g/mol. The molecule has 0 saturated heterocycles. The number of hydrogen-bond acceptors (Lipinski definition) is 2. The van der Waals surface area contributed by atoms with Crippen LogP contribution in [0.15, 0.2) is 28.7 Å². The lowest BCUT2D eigenvalue weighted by Gasteiger charge is -2.22. The molecule has 0 amide bonds. The van der Waals surface area contributed by atoms with Crippen molar-refractivity contribution in [3.05, 3.63) is 62.6 Å². The molecule has 2 aromatic rings. The Bertz CT molecular complexity index is 668. The molecule has 0 radical (unpaired) electrons. The number of benzene rings is 2. The van der Waals surface area contributed by atoms with Crippen LogP contribution in [0.4, 0.5) is 8.78 Å². The third-order valence-corrected chi connectivity index (χ3v) is 4.36. The minimum Gasteiger partial charge on any atom is -0.496 e. The third kappa shape index (κ3) is 2.80. The Balaban J connectivity index is 2.71. The lowest BCUT2D eigenvalue weighted by Crippen LogP contribution is -2.18. The van der Waals surface area contributed by atoms with Crippen molar-refractivity contribution in [3.8, 4) is 5.75 Å². The molecule has 1 unspecified atom stereocenters. The summed E-state index contributed by atoms with van der Waals surface area (Å²) in [6.07, 6.45) is 0. The number of methoxy groups -OCH3 is 1. The lowest BCUT2D eigenvalue weighted by molar-refractivity contribution is 0.402. The van der Waals surface area contributed by atoms with Crippen molar-refractivity contribution in [3.63, 3.8) is 0 Å². The summed E-state index contributed by atoms with van der Waals surface area (Å²) in [6, 6.07) is 4.66. The zero-order valence-electron chi connectivity index (χ0n) is 12.0. The largest absolute Gasteiger partial charge is 0.496 e. The van der Waals surface area contributed by atoms with Crippen molar-refractivity contribution in [2.75, 3.05) is 7.11 Å². The van der Waals surface area contributed by atoms with Crippen LogP contribution >= 0.6 is 15.9 Å². The van der Waals surface area contributed by atoms with Crippen LogP contribution in [0.2, 0.25) is 0 Å². The highest BCUT2D eigenvalue weighted by Gasteiger charge is 2.25. The van der Waals surface area contributed by atoms with Gasteiger partial charge in [0.25, 0.3) is 0 Å². The minimum atomic E-state index is -0.947. The first kappa shape index (κ1) is 15.9. The zero-order chi connectivity index (χ0) is 15.7. The SMILES string of the molecule is COc1c(C)cc(Br)c(C)c1C(N)c1c(F)cccc1F. The molecule has 0 aliphatic rings. The van der Waals surface area contributed by atoms with Crippen molar-refractivity contribution in [2.45, 2.75) is 19.9 Å². The Hall–Kier alpha value is -1.46. The van der Waals surface area contributed by atoms with Crippen LogP contribution in [0.3, 0.4) is 0 Å². The van der Waals surface area contributed by atoms with Crippen molar-refractivity contribution < 1.29 is 13.5 Å². The number of aryl methyl sites for hydroxylation is 1. The molecule has 0 heterocycles. The monoisotopic (exact) mass is 355 g/mol. The van der Waals surface area contributed by atoms with Gasteiger partial charge in [0.1, 0.15) is 17.4 Å². The average Bonchev–Trinajstić information content (AvgIpc) is 2.42. The minimum absolute atomic E-state index is 0.156. The van der Waals surface area contributed by atoms with Gasteiger partial charge in [-0.1, -0.05) is 22.0 Å². The molecule has 2 aromatic carbocycles. The predicted molar refractivity (Wildman–Crippen MR) is 82.6 cm³/mol. The number of nitrogens with two attached hydrogens (primary N) is 1. The summed E-state index contributed by atoms with van der Waals surface area (Å²) >= 11 is 3.44. The molecule has 0 saturated carbocycles. The molecule has 0 spiro atoms. The van der Waals surface area contributed by atoms with Gasteiger partial charge in [-0.2, -0.15) is 0 Å². The average molecular weight is 356 g/mol. The van der Waals surface area contributed by atoms with E-state index in [2.05, 4.69) is 15.9 Å². The number of ether oxygens (including phenoxy) is 1. The van der Waals surface area contributed by atoms with Gasteiger partial charge in [-0.15, -0.1) is 0 Å². The number of rotatable bonds is 3. The van der Waals surface area contributed by atoms with Crippen LogP contribution < -0.4 is 10.5 Å². The fourth-order valence-corrected chi connectivity index (χ4v) is 3.03. The Morgan fingerprint density at radius 3 is 2.24 bits per heavy atom. The molecule has 1 atom stereocenters. The Labute approximate surface area is 131 Å². The van der Waals surface area contributed by atoms with Gasteiger partial charge in [0.05, 0.1) is 13.2 Å². The normalized spacial score (nSPS) is 12.3. The second-order valence-electron chi connectivity index (χ2n) is 4.86. The molecular formula is C16H16BrF2NO. The quantitative estimate of drug-likeness (QED) is 0.885. The summed E-state index contributed by atoms with van der Waals surface area (Å²) in [5.74, 6) is -0.783. The van der Waals surface area contributed by atoms with Crippen LogP contribution in [0.1, 0.15) is 28.3 Å². The second kappa shape index (κ2) is 6.12. The van der Waals surface area contributed by atoms with E-state index in [1.54, 1.807) is 0 Å². The topological polar surface area (TPSA) is 35.2 Å². The molecule has 0 bridgehead atoms. The van der Waals surface area contributed by atoms with Gasteiger partial charge in [0, 0.05) is 15.6 Å². The summed E-state index contributed by atoms with van der Waals surface area (Å²) in [5, 5.41) is 0. The first-order valence-electron chi connectivity index (χ1n) is 6.41. The number of hydrogen-bond donors (Lipinski definition) is 1. The van der Waals surface area contributed by atoms with Gasteiger partial charge in [-0.25, -0.2) is 8.78 Å². The zero-order valence-corrected chi connectivity index (χ0v) is 13.6. The Morgan fingerprint density at radius 1 is 1.14 bits per heavy atom. The fraction of sp³-hybridized carbons (Fsp3) is 0.250. The van der Waals surface area contributed by atoms with Gasteiger partial charge in [-0.05, 0) is 43.2 Å². The molecule has 0 fully saturated rings. The maximum Gasteiger partial charge on any atom is 0.131 e. The fourth-order valence-electron chi connectivity index (χ4n) is 2.47. The highest BCUT2D eigenvalue weighted by Crippen LogP contribution is 2.38. The van der Waals surface area contributed by atoms with Crippen molar-refractivity contribution >= 4 is 15.9 Å². The Morgan fingerprint density at radius 2 is 1.71 bits per heavy atom. The molecule has 21 heavy (non-hydrogen) atoms. The predicted octanol–water partition coefficient (Wildman–Crippen LogP) is 4.40. The summed E-state index contributed by atoms with van der Waals surface area (Å²) in [5.41, 5.74) is 8.22. The summed E-state index contributed by atoms with van der Waals surface area (Å²) < 4.78 is 34.2. The summed E-state index contributed by atoms with van der Waals surface area (Å²) in [6.45, 7) is 3.69. The highest BCUT2D eigenvalue weighted by molar-refractivity contribution is 9.10. The third-order valence-electron chi connectivity index (χ3n) is 3.53. The van der Waals surface area contributed by atoms with E-state index in [0.717, 1.165) is 15.6 Å². The molecule has 2 rings (SSSR count). The van der Waals surface area contributed by atoms with E-state index in [9.17, 15) is 8.78 Å². The standard InChI is InChI=1S/C16H16BrF2NO/c1-8-7-10(17)9(2)13(16(8)21-3)15(20)14-11(18)5-4-6-12(14)19/h4-7,15H,20H2,1-3H3.